The van der Waals surface area contributed by atoms with E-state index in [9.17, 15) is 9.18 Å². The predicted octanol–water partition coefficient (Wildman–Crippen LogP) is 4.42. The minimum Gasteiger partial charge on any atom is -0.368 e. The first-order chi connectivity index (χ1) is 15.8. The molecule has 2 aromatic heterocycles. The number of nitrogens with zero attached hydrogens (tertiary/aromatic N) is 5. The number of halogens is 1. The number of pyridine rings is 1. The number of hydrogen-bond acceptors (Lipinski definition) is 5. The van der Waals surface area contributed by atoms with E-state index in [1.165, 1.54) is 12.1 Å². The van der Waals surface area contributed by atoms with Crippen molar-refractivity contribution in [2.45, 2.75) is 27.2 Å². The fourth-order valence-corrected chi connectivity index (χ4v) is 4.02. The Bertz CT molecular complexity index is 1220. The zero-order valence-corrected chi connectivity index (χ0v) is 19.9. The van der Waals surface area contributed by atoms with Gasteiger partial charge in [0.05, 0.1) is 17.1 Å². The number of allylic oxidation sites excluding steroid dienone is 4. The molecule has 2 aliphatic rings. The van der Waals surface area contributed by atoms with Crippen LogP contribution in [0.2, 0.25) is 0 Å². The zero-order valence-electron chi connectivity index (χ0n) is 19.9. The molecule has 0 aliphatic carbocycles. The first-order valence-corrected chi connectivity index (χ1v) is 11.5. The van der Waals surface area contributed by atoms with E-state index in [-0.39, 0.29) is 11.3 Å². The number of rotatable bonds is 5. The van der Waals surface area contributed by atoms with Gasteiger partial charge in [0.25, 0.3) is 5.56 Å². The van der Waals surface area contributed by atoms with Crippen LogP contribution in [-0.4, -0.2) is 52.4 Å². The summed E-state index contributed by atoms with van der Waals surface area (Å²) in [6.07, 6.45) is 7.92. The Morgan fingerprint density at radius 2 is 2.00 bits per heavy atom. The van der Waals surface area contributed by atoms with E-state index in [1.54, 1.807) is 15.5 Å². The maximum Gasteiger partial charge on any atom is 0.258 e. The summed E-state index contributed by atoms with van der Waals surface area (Å²) in [5.74, 6) is -0.0605. The quantitative estimate of drug-likeness (QED) is 0.676. The molecule has 174 valence electrons. The van der Waals surface area contributed by atoms with Crippen LogP contribution in [0.4, 0.5) is 10.1 Å². The fraction of sp³-hybridized carbons (Fsp3) is 0.385. The second kappa shape index (κ2) is 9.35. The van der Waals surface area contributed by atoms with Crippen molar-refractivity contribution in [3.63, 3.8) is 0 Å². The Hall–Kier alpha value is -3.19. The first kappa shape index (κ1) is 23.0. The van der Waals surface area contributed by atoms with E-state index >= 15 is 0 Å². The van der Waals surface area contributed by atoms with Crippen LogP contribution in [0, 0.1) is 5.92 Å². The number of piperazine rings is 1. The summed E-state index contributed by atoms with van der Waals surface area (Å²) in [6, 6.07) is 5.31. The van der Waals surface area contributed by atoms with Crippen LogP contribution in [0.3, 0.4) is 0 Å². The average molecular weight is 450 g/mol. The fourth-order valence-electron chi connectivity index (χ4n) is 4.02. The molecule has 0 bridgehead atoms. The lowest BCUT2D eigenvalue weighted by molar-refractivity contribution is 0.313. The maximum absolute atomic E-state index is 14.7. The van der Waals surface area contributed by atoms with E-state index < -0.39 is 5.83 Å². The molecule has 6 nitrogen and oxygen atoms in total. The monoisotopic (exact) mass is 449 g/mol. The molecule has 0 amide bonds. The van der Waals surface area contributed by atoms with Crippen molar-refractivity contribution in [2.75, 3.05) is 38.1 Å². The van der Waals surface area contributed by atoms with Gasteiger partial charge in [-0.3, -0.25) is 9.20 Å². The van der Waals surface area contributed by atoms with Gasteiger partial charge in [-0.2, -0.15) is 0 Å². The number of likely N-dealkylation sites (N-methyl/N-ethyl adjacent to an activating group) is 1. The van der Waals surface area contributed by atoms with Crippen LogP contribution in [0.5, 0.6) is 0 Å². The molecule has 1 fully saturated rings. The highest BCUT2D eigenvalue weighted by molar-refractivity contribution is 5.75. The molecule has 1 atom stereocenters. The Balaban J connectivity index is 1.69. The molecule has 0 saturated carbocycles. The van der Waals surface area contributed by atoms with E-state index in [2.05, 4.69) is 42.3 Å². The molecule has 33 heavy (non-hydrogen) atoms. The largest absolute Gasteiger partial charge is 0.368 e. The topological polar surface area (TPSA) is 44.1 Å². The second-order valence-corrected chi connectivity index (χ2v) is 9.00. The summed E-state index contributed by atoms with van der Waals surface area (Å²) in [5.41, 5.74) is 3.73. The summed E-state index contributed by atoms with van der Waals surface area (Å²) >= 11 is 0. The Morgan fingerprint density at radius 3 is 2.70 bits per heavy atom. The van der Waals surface area contributed by atoms with Gasteiger partial charge < -0.3 is 14.7 Å². The molecule has 2 aliphatic heterocycles. The normalized spacial score (nSPS) is 19.1. The summed E-state index contributed by atoms with van der Waals surface area (Å²) in [6.45, 7) is 14.0. The molecular formula is C26H32FN5O. The summed E-state index contributed by atoms with van der Waals surface area (Å²) in [4.78, 5) is 23.9. The summed E-state index contributed by atoms with van der Waals surface area (Å²) in [7, 11) is 2.11. The van der Waals surface area contributed by atoms with Gasteiger partial charge in [0.2, 0.25) is 0 Å². The molecule has 1 unspecified atom stereocenters. The summed E-state index contributed by atoms with van der Waals surface area (Å²) < 4.78 is 16.3. The SMILES string of the molecule is C=C1C(F)=CC(c2cc(=O)n3cc(N4CCN(C)CC4)ccc3n2)=CN1/C=C(/C)C(C)CC. The van der Waals surface area contributed by atoms with Crippen LogP contribution in [-0.2, 0) is 0 Å². The molecule has 4 rings (SSSR count). The van der Waals surface area contributed by atoms with Gasteiger partial charge in [-0.25, -0.2) is 9.37 Å². The molecule has 0 N–H and O–H groups in total. The molecule has 4 heterocycles. The third-order valence-corrected chi connectivity index (χ3v) is 6.69. The summed E-state index contributed by atoms with van der Waals surface area (Å²) in [5, 5.41) is 0. The lowest BCUT2D eigenvalue weighted by Crippen LogP contribution is -2.44. The Kier molecular flexibility index (Phi) is 6.51. The number of aromatic nitrogens is 2. The zero-order chi connectivity index (χ0) is 23.7. The van der Waals surface area contributed by atoms with Gasteiger partial charge in [0.15, 0.2) is 0 Å². The smallest absolute Gasteiger partial charge is 0.258 e. The van der Waals surface area contributed by atoms with E-state index in [4.69, 9.17) is 0 Å². The van der Waals surface area contributed by atoms with Crippen molar-refractivity contribution in [1.29, 1.82) is 0 Å². The van der Waals surface area contributed by atoms with Crippen molar-refractivity contribution in [2.24, 2.45) is 5.92 Å². The van der Waals surface area contributed by atoms with Crippen LogP contribution in [0.15, 0.2) is 71.3 Å². The van der Waals surface area contributed by atoms with Gasteiger partial charge in [-0.05, 0) is 44.5 Å². The Morgan fingerprint density at radius 1 is 1.27 bits per heavy atom. The highest BCUT2D eigenvalue weighted by Crippen LogP contribution is 2.30. The lowest BCUT2D eigenvalue weighted by atomic mass is 10.0. The molecule has 0 aromatic carbocycles. The van der Waals surface area contributed by atoms with Crippen LogP contribution in [0.1, 0.15) is 32.9 Å². The number of hydrogen-bond donors (Lipinski definition) is 0. The average Bonchev–Trinajstić information content (AvgIpc) is 2.81. The molecule has 0 radical (unpaired) electrons. The molecule has 7 heteroatoms. The maximum atomic E-state index is 14.7. The number of anilines is 1. The van der Waals surface area contributed by atoms with Gasteiger partial charge in [-0.1, -0.05) is 26.0 Å². The third-order valence-electron chi connectivity index (χ3n) is 6.69. The van der Waals surface area contributed by atoms with Crippen molar-refractivity contribution in [1.82, 2.24) is 19.2 Å². The van der Waals surface area contributed by atoms with E-state index in [0.29, 0.717) is 22.8 Å². The van der Waals surface area contributed by atoms with Gasteiger partial charge in [-0.15, -0.1) is 0 Å². The molecule has 0 spiro atoms. The highest BCUT2D eigenvalue weighted by Gasteiger charge is 2.20. The second-order valence-electron chi connectivity index (χ2n) is 9.00. The standard InChI is InChI=1S/C26H32FN5O/c1-6-18(2)19(3)15-31-16-21(13-23(27)20(31)4)24-14-26(33)32-17-22(7-8-25(32)28-24)30-11-9-29(5)10-12-30/h7-8,13-18H,4,6,9-12H2,1-3,5H3/b19-15-. The minimum atomic E-state index is -0.437. The van der Waals surface area contributed by atoms with Crippen molar-refractivity contribution in [3.8, 4) is 0 Å². The predicted molar refractivity (Wildman–Crippen MR) is 133 cm³/mol. The van der Waals surface area contributed by atoms with Gasteiger partial charge >= 0.3 is 0 Å². The van der Waals surface area contributed by atoms with E-state index in [1.807, 2.05) is 31.5 Å². The third kappa shape index (κ3) is 4.78. The van der Waals surface area contributed by atoms with E-state index in [0.717, 1.165) is 43.9 Å². The minimum absolute atomic E-state index is 0.192. The number of fused-ring (bicyclic) bond motifs is 1. The van der Waals surface area contributed by atoms with Gasteiger partial charge in [0, 0.05) is 56.4 Å². The molecule has 2 aromatic rings. The van der Waals surface area contributed by atoms with Crippen molar-refractivity contribution in [3.05, 3.63) is 82.6 Å². The van der Waals surface area contributed by atoms with Crippen molar-refractivity contribution >= 4 is 16.9 Å². The van der Waals surface area contributed by atoms with Crippen LogP contribution < -0.4 is 10.5 Å². The Labute approximate surface area is 194 Å². The van der Waals surface area contributed by atoms with Crippen LogP contribution in [0.25, 0.3) is 11.2 Å². The first-order valence-electron chi connectivity index (χ1n) is 11.5. The highest BCUT2D eigenvalue weighted by atomic mass is 19.1. The molecule has 1 saturated heterocycles. The molecular weight excluding hydrogens is 417 g/mol. The van der Waals surface area contributed by atoms with Crippen molar-refractivity contribution < 1.29 is 4.39 Å². The lowest BCUT2D eigenvalue weighted by Gasteiger charge is -2.34. The van der Waals surface area contributed by atoms with Gasteiger partial charge in [0.1, 0.15) is 11.5 Å². The van der Waals surface area contributed by atoms with Crippen LogP contribution >= 0.6 is 0 Å².